The summed E-state index contributed by atoms with van der Waals surface area (Å²) < 4.78 is 10.6. The summed E-state index contributed by atoms with van der Waals surface area (Å²) in [5.74, 6) is 1.73. The predicted octanol–water partition coefficient (Wildman–Crippen LogP) is 3.56. The van der Waals surface area contributed by atoms with E-state index >= 15 is 0 Å². The molecule has 0 aliphatic rings. The highest BCUT2D eigenvalue weighted by Gasteiger charge is 2.08. The zero-order valence-corrected chi connectivity index (χ0v) is 12.8. The van der Waals surface area contributed by atoms with E-state index in [0.29, 0.717) is 6.54 Å². The maximum atomic E-state index is 5.79. The van der Waals surface area contributed by atoms with Gasteiger partial charge in [-0.15, -0.1) is 12.4 Å². The molecule has 2 rings (SSSR count). The van der Waals surface area contributed by atoms with E-state index in [1.165, 1.54) is 0 Å². The van der Waals surface area contributed by atoms with Crippen molar-refractivity contribution in [2.75, 3.05) is 14.2 Å². The molecule has 108 valence electrons. The quantitative estimate of drug-likeness (QED) is 0.937. The Balaban J connectivity index is 0.00000200. The highest BCUT2D eigenvalue weighted by molar-refractivity contribution is 5.85. The lowest BCUT2D eigenvalue weighted by Crippen LogP contribution is -2.02. The molecule has 20 heavy (non-hydrogen) atoms. The first-order valence-corrected chi connectivity index (χ1v) is 6.21. The number of methoxy groups -OCH3 is 2. The Morgan fingerprint density at radius 2 is 1.60 bits per heavy atom. The molecule has 0 atom stereocenters. The number of rotatable bonds is 4. The predicted molar refractivity (Wildman–Crippen MR) is 84.9 cm³/mol. The third-order valence-electron chi connectivity index (χ3n) is 3.20. The van der Waals surface area contributed by atoms with Gasteiger partial charge in [-0.1, -0.05) is 12.1 Å². The Morgan fingerprint density at radius 1 is 0.950 bits per heavy atom. The molecular weight excluding hydrogens is 274 g/mol. The fourth-order valence-corrected chi connectivity index (χ4v) is 2.24. The number of hydrogen-bond donors (Lipinski definition) is 1. The van der Waals surface area contributed by atoms with Crippen molar-refractivity contribution >= 4 is 12.4 Å². The fourth-order valence-electron chi connectivity index (χ4n) is 2.24. The minimum absolute atomic E-state index is 0. The molecule has 2 aromatic carbocycles. The summed E-state index contributed by atoms with van der Waals surface area (Å²) in [6.45, 7) is 2.50. The summed E-state index contributed by atoms with van der Waals surface area (Å²) in [6.07, 6.45) is 0. The SMILES string of the molecule is COc1ccc(-c2cc(C)c(OC)c(CN)c2)cc1.Cl. The maximum absolute atomic E-state index is 5.79. The fraction of sp³-hybridized carbons (Fsp3) is 0.250. The lowest BCUT2D eigenvalue weighted by Gasteiger charge is -2.13. The molecule has 0 bridgehead atoms. The molecule has 0 fully saturated rings. The number of ether oxygens (including phenoxy) is 2. The van der Waals surface area contributed by atoms with Gasteiger partial charge in [0.25, 0.3) is 0 Å². The second kappa shape index (κ2) is 7.17. The van der Waals surface area contributed by atoms with Gasteiger partial charge in [-0.25, -0.2) is 0 Å². The summed E-state index contributed by atoms with van der Waals surface area (Å²) in [5, 5.41) is 0. The van der Waals surface area contributed by atoms with Gasteiger partial charge in [0.2, 0.25) is 0 Å². The van der Waals surface area contributed by atoms with Crippen LogP contribution < -0.4 is 15.2 Å². The molecule has 0 aliphatic heterocycles. The maximum Gasteiger partial charge on any atom is 0.126 e. The van der Waals surface area contributed by atoms with E-state index in [4.69, 9.17) is 15.2 Å². The molecule has 0 heterocycles. The Labute approximate surface area is 126 Å². The molecule has 0 saturated heterocycles. The molecule has 0 radical (unpaired) electrons. The van der Waals surface area contributed by atoms with Crippen molar-refractivity contribution in [1.29, 1.82) is 0 Å². The Morgan fingerprint density at radius 3 is 2.10 bits per heavy atom. The standard InChI is InChI=1S/C16H19NO2.ClH/c1-11-8-13(9-14(10-17)16(11)19-3)12-4-6-15(18-2)7-5-12;/h4-9H,10,17H2,1-3H3;1H. The van der Waals surface area contributed by atoms with Crippen LogP contribution in [0, 0.1) is 6.92 Å². The van der Waals surface area contributed by atoms with E-state index in [2.05, 4.69) is 12.1 Å². The van der Waals surface area contributed by atoms with Crippen LogP contribution in [-0.2, 0) is 6.54 Å². The monoisotopic (exact) mass is 293 g/mol. The van der Waals surface area contributed by atoms with E-state index < -0.39 is 0 Å². The van der Waals surface area contributed by atoms with Crippen LogP contribution in [-0.4, -0.2) is 14.2 Å². The molecule has 2 N–H and O–H groups in total. The highest BCUT2D eigenvalue weighted by Crippen LogP contribution is 2.31. The van der Waals surface area contributed by atoms with E-state index in [1.807, 2.05) is 31.2 Å². The average molecular weight is 294 g/mol. The first-order chi connectivity index (χ1) is 9.19. The smallest absolute Gasteiger partial charge is 0.126 e. The van der Waals surface area contributed by atoms with Crippen molar-refractivity contribution in [3.63, 3.8) is 0 Å². The molecule has 2 aromatic rings. The van der Waals surface area contributed by atoms with Crippen molar-refractivity contribution in [1.82, 2.24) is 0 Å². The van der Waals surface area contributed by atoms with E-state index in [1.54, 1.807) is 14.2 Å². The van der Waals surface area contributed by atoms with E-state index in [0.717, 1.165) is 33.8 Å². The average Bonchev–Trinajstić information content (AvgIpc) is 2.46. The molecule has 0 saturated carbocycles. The van der Waals surface area contributed by atoms with Gasteiger partial charge in [0.1, 0.15) is 11.5 Å². The van der Waals surface area contributed by atoms with Crippen LogP contribution >= 0.6 is 12.4 Å². The third-order valence-corrected chi connectivity index (χ3v) is 3.20. The zero-order chi connectivity index (χ0) is 13.8. The first kappa shape index (κ1) is 16.3. The highest BCUT2D eigenvalue weighted by atomic mass is 35.5. The molecule has 0 unspecified atom stereocenters. The van der Waals surface area contributed by atoms with Gasteiger partial charge in [-0.2, -0.15) is 0 Å². The van der Waals surface area contributed by atoms with Crippen molar-refractivity contribution in [2.24, 2.45) is 5.73 Å². The molecule has 0 aromatic heterocycles. The lowest BCUT2D eigenvalue weighted by molar-refractivity contribution is 0.407. The number of halogens is 1. The minimum Gasteiger partial charge on any atom is -0.497 e. The summed E-state index contributed by atoms with van der Waals surface area (Å²) in [6, 6.07) is 12.2. The molecule has 3 nitrogen and oxygen atoms in total. The summed E-state index contributed by atoms with van der Waals surface area (Å²) in [4.78, 5) is 0. The van der Waals surface area contributed by atoms with Crippen molar-refractivity contribution in [3.05, 3.63) is 47.5 Å². The number of aryl methyl sites for hydroxylation is 1. The van der Waals surface area contributed by atoms with Crippen molar-refractivity contribution in [3.8, 4) is 22.6 Å². The van der Waals surface area contributed by atoms with Crippen molar-refractivity contribution in [2.45, 2.75) is 13.5 Å². The lowest BCUT2D eigenvalue weighted by atomic mass is 9.99. The molecular formula is C16H20ClNO2. The second-order valence-corrected chi connectivity index (χ2v) is 4.42. The van der Waals surface area contributed by atoms with Gasteiger partial charge >= 0.3 is 0 Å². The molecule has 0 spiro atoms. The summed E-state index contributed by atoms with van der Waals surface area (Å²) >= 11 is 0. The number of benzene rings is 2. The largest absolute Gasteiger partial charge is 0.497 e. The minimum atomic E-state index is 0. The molecule has 0 aliphatic carbocycles. The van der Waals surface area contributed by atoms with Crippen LogP contribution in [0.1, 0.15) is 11.1 Å². The summed E-state index contributed by atoms with van der Waals surface area (Å²) in [5.41, 5.74) is 10.2. The van der Waals surface area contributed by atoms with Gasteiger partial charge < -0.3 is 15.2 Å². The second-order valence-electron chi connectivity index (χ2n) is 4.42. The Kier molecular flexibility index (Phi) is 5.86. The zero-order valence-electron chi connectivity index (χ0n) is 12.0. The third kappa shape index (κ3) is 3.24. The van der Waals surface area contributed by atoms with Crippen LogP contribution in [0.4, 0.5) is 0 Å². The number of nitrogens with two attached hydrogens (primary N) is 1. The van der Waals surface area contributed by atoms with Crippen LogP contribution in [0.5, 0.6) is 11.5 Å². The normalized spacial score (nSPS) is 9.80. The van der Waals surface area contributed by atoms with Gasteiger partial charge in [0.15, 0.2) is 0 Å². The summed E-state index contributed by atoms with van der Waals surface area (Å²) in [7, 11) is 3.34. The van der Waals surface area contributed by atoms with Gasteiger partial charge in [0, 0.05) is 12.1 Å². The first-order valence-electron chi connectivity index (χ1n) is 6.21. The molecule has 0 amide bonds. The van der Waals surface area contributed by atoms with Gasteiger partial charge in [-0.3, -0.25) is 0 Å². The number of hydrogen-bond acceptors (Lipinski definition) is 3. The van der Waals surface area contributed by atoms with E-state index in [-0.39, 0.29) is 12.4 Å². The Bertz CT molecular complexity index is 567. The van der Waals surface area contributed by atoms with Gasteiger partial charge in [-0.05, 0) is 47.9 Å². The van der Waals surface area contributed by atoms with E-state index in [9.17, 15) is 0 Å². The van der Waals surface area contributed by atoms with Crippen LogP contribution in [0.3, 0.4) is 0 Å². The topological polar surface area (TPSA) is 44.5 Å². The molecule has 4 heteroatoms. The Hall–Kier alpha value is -1.71. The van der Waals surface area contributed by atoms with Crippen molar-refractivity contribution < 1.29 is 9.47 Å². The van der Waals surface area contributed by atoms with Crippen LogP contribution in [0.15, 0.2) is 36.4 Å². The van der Waals surface area contributed by atoms with Crippen LogP contribution in [0.2, 0.25) is 0 Å². The van der Waals surface area contributed by atoms with Crippen LogP contribution in [0.25, 0.3) is 11.1 Å². The van der Waals surface area contributed by atoms with Gasteiger partial charge in [0.05, 0.1) is 14.2 Å².